The molecule has 1 fully saturated rings. The topological polar surface area (TPSA) is 84.9 Å². The lowest BCUT2D eigenvalue weighted by Crippen LogP contribution is -2.39. The average Bonchev–Trinajstić information content (AvgIpc) is 3.08. The third kappa shape index (κ3) is 5.10. The monoisotopic (exact) mass is 426 g/mol. The van der Waals surface area contributed by atoms with E-state index in [1.165, 1.54) is 0 Å². The molecule has 4 rings (SSSR count). The van der Waals surface area contributed by atoms with Gasteiger partial charge in [-0.1, -0.05) is 12.1 Å². The van der Waals surface area contributed by atoms with Crippen LogP contribution in [-0.4, -0.2) is 71.8 Å². The van der Waals surface area contributed by atoms with Gasteiger partial charge in [-0.2, -0.15) is 0 Å². The summed E-state index contributed by atoms with van der Waals surface area (Å²) in [5, 5.41) is 19.3. The third-order valence-electron chi connectivity index (χ3n) is 5.61. The molecule has 1 aromatic heterocycles. The van der Waals surface area contributed by atoms with Crippen molar-refractivity contribution in [1.82, 2.24) is 14.0 Å². The van der Waals surface area contributed by atoms with Crippen LogP contribution in [0.1, 0.15) is 0 Å². The first-order valence-electron chi connectivity index (χ1n) is 10.6. The quantitative estimate of drug-likeness (QED) is 0.544. The zero-order valence-electron chi connectivity index (χ0n) is 17.9. The maximum atomic E-state index is 10.6. The van der Waals surface area contributed by atoms with Crippen LogP contribution in [0.5, 0.6) is 11.5 Å². The number of aromatic nitrogens is 2. The van der Waals surface area contributed by atoms with Crippen molar-refractivity contribution < 1.29 is 19.3 Å². The zero-order chi connectivity index (χ0) is 21.6. The molecule has 0 bridgehead atoms. The Bertz CT molecular complexity index is 1040. The summed E-state index contributed by atoms with van der Waals surface area (Å²) in [5.74, 6) is 1.43. The molecule has 0 amide bonds. The maximum Gasteiger partial charge on any atom is 0.203 e. The van der Waals surface area contributed by atoms with E-state index in [0.29, 0.717) is 17.9 Å². The first-order chi connectivity index (χ1) is 15.2. The smallest absolute Gasteiger partial charge is 0.203 e. The Kier molecular flexibility index (Phi) is 6.91. The highest BCUT2D eigenvalue weighted by atomic mass is 16.5. The fourth-order valence-electron chi connectivity index (χ4n) is 3.90. The van der Waals surface area contributed by atoms with Crippen molar-refractivity contribution >= 4 is 11.0 Å². The Hall–Kier alpha value is -2.81. The third-order valence-corrected chi connectivity index (χ3v) is 5.61. The summed E-state index contributed by atoms with van der Waals surface area (Å²) in [6, 6.07) is 15.2. The molecular formula is C23H30N4O4. The van der Waals surface area contributed by atoms with Gasteiger partial charge in [0.25, 0.3) is 0 Å². The number of fused-ring (bicyclic) bond motifs is 1. The number of imidazole rings is 1. The van der Waals surface area contributed by atoms with Crippen molar-refractivity contribution in [3.05, 3.63) is 54.1 Å². The summed E-state index contributed by atoms with van der Waals surface area (Å²) < 4.78 is 20.2. The lowest BCUT2D eigenvalue weighted by Gasteiger charge is -2.26. The standard InChI is InChI=1S/C23H30N4O4/c1-29-19-6-8-20(9-7-19)31-17-18(28)16-27-22-5-3-2-4-21(22)26(23(27)24)11-10-25-12-14-30-15-13-25/h2-9,18,24,28H,10-17H2,1H3/t18-/m1/s1. The van der Waals surface area contributed by atoms with Gasteiger partial charge in [-0.05, 0) is 36.4 Å². The first kappa shape index (κ1) is 21.4. The van der Waals surface area contributed by atoms with Gasteiger partial charge in [-0.15, -0.1) is 0 Å². The van der Waals surface area contributed by atoms with Crippen LogP contribution in [0.4, 0.5) is 0 Å². The Morgan fingerprint density at radius 1 is 0.968 bits per heavy atom. The van der Waals surface area contributed by atoms with Crippen LogP contribution in [-0.2, 0) is 17.8 Å². The van der Waals surface area contributed by atoms with Crippen molar-refractivity contribution in [1.29, 1.82) is 5.41 Å². The second kappa shape index (κ2) is 10.00. The molecule has 1 aliphatic rings. The Balaban J connectivity index is 1.45. The highest BCUT2D eigenvalue weighted by Gasteiger charge is 2.16. The van der Waals surface area contributed by atoms with E-state index >= 15 is 0 Å². The van der Waals surface area contributed by atoms with E-state index in [1.807, 2.05) is 57.7 Å². The number of para-hydroxylation sites is 2. The van der Waals surface area contributed by atoms with Crippen LogP contribution in [0.25, 0.3) is 11.0 Å². The normalized spacial score (nSPS) is 15.8. The predicted octanol–water partition coefficient (Wildman–Crippen LogP) is 1.70. The average molecular weight is 427 g/mol. The molecule has 8 heteroatoms. The Labute approximate surface area is 181 Å². The van der Waals surface area contributed by atoms with Crippen LogP contribution in [0.3, 0.4) is 0 Å². The minimum atomic E-state index is -0.741. The molecular weight excluding hydrogens is 396 g/mol. The largest absolute Gasteiger partial charge is 0.497 e. The fourth-order valence-corrected chi connectivity index (χ4v) is 3.90. The van der Waals surface area contributed by atoms with Crippen LogP contribution in [0.2, 0.25) is 0 Å². The molecule has 3 aromatic rings. The highest BCUT2D eigenvalue weighted by molar-refractivity contribution is 5.75. The van der Waals surface area contributed by atoms with E-state index in [1.54, 1.807) is 7.11 Å². The number of hydrogen-bond donors (Lipinski definition) is 2. The number of rotatable bonds is 9. The molecule has 1 aliphatic heterocycles. The lowest BCUT2D eigenvalue weighted by molar-refractivity contribution is 0.0363. The summed E-state index contributed by atoms with van der Waals surface area (Å²) in [6.07, 6.45) is -0.741. The van der Waals surface area contributed by atoms with Crippen LogP contribution >= 0.6 is 0 Å². The number of aliphatic hydroxyl groups is 1. The summed E-state index contributed by atoms with van der Waals surface area (Å²) in [6.45, 7) is 5.41. The highest BCUT2D eigenvalue weighted by Crippen LogP contribution is 2.18. The number of ether oxygens (including phenoxy) is 3. The number of aliphatic hydroxyl groups excluding tert-OH is 1. The molecule has 0 unspecified atom stereocenters. The molecule has 2 heterocycles. The molecule has 166 valence electrons. The molecule has 2 aromatic carbocycles. The Morgan fingerprint density at radius 2 is 1.61 bits per heavy atom. The van der Waals surface area contributed by atoms with Gasteiger partial charge < -0.3 is 28.5 Å². The van der Waals surface area contributed by atoms with Gasteiger partial charge in [0.05, 0.1) is 37.9 Å². The molecule has 0 aliphatic carbocycles. The van der Waals surface area contributed by atoms with Gasteiger partial charge in [0.1, 0.15) is 24.2 Å². The van der Waals surface area contributed by atoms with E-state index < -0.39 is 6.10 Å². The van der Waals surface area contributed by atoms with Crippen LogP contribution < -0.4 is 15.1 Å². The van der Waals surface area contributed by atoms with Gasteiger partial charge in [0.2, 0.25) is 5.62 Å². The van der Waals surface area contributed by atoms with Gasteiger partial charge >= 0.3 is 0 Å². The second-order valence-electron chi connectivity index (χ2n) is 7.67. The van der Waals surface area contributed by atoms with Crippen LogP contribution in [0, 0.1) is 5.41 Å². The maximum absolute atomic E-state index is 10.6. The van der Waals surface area contributed by atoms with Crippen molar-refractivity contribution in [2.45, 2.75) is 19.2 Å². The molecule has 1 atom stereocenters. The lowest BCUT2D eigenvalue weighted by atomic mass is 10.3. The molecule has 8 nitrogen and oxygen atoms in total. The SMILES string of the molecule is COc1ccc(OC[C@H](O)Cn2c(=N)n(CCN3CCOCC3)c3ccccc32)cc1. The van der Waals surface area contributed by atoms with E-state index in [2.05, 4.69) is 4.90 Å². The van der Waals surface area contributed by atoms with Crippen molar-refractivity contribution in [2.75, 3.05) is 46.6 Å². The Morgan fingerprint density at radius 3 is 2.29 bits per heavy atom. The minimum Gasteiger partial charge on any atom is -0.497 e. The number of nitrogens with zero attached hydrogens (tertiary/aromatic N) is 3. The van der Waals surface area contributed by atoms with Crippen molar-refractivity contribution in [3.63, 3.8) is 0 Å². The number of benzene rings is 2. The zero-order valence-corrected chi connectivity index (χ0v) is 17.9. The minimum absolute atomic E-state index is 0.145. The molecule has 2 N–H and O–H groups in total. The molecule has 1 saturated heterocycles. The summed E-state index contributed by atoms with van der Waals surface area (Å²) in [5.41, 5.74) is 2.33. The van der Waals surface area contributed by atoms with Gasteiger partial charge in [0.15, 0.2) is 0 Å². The molecule has 0 radical (unpaired) electrons. The van der Waals surface area contributed by atoms with E-state index in [-0.39, 0.29) is 6.61 Å². The van der Waals surface area contributed by atoms with Gasteiger partial charge in [-0.3, -0.25) is 10.3 Å². The van der Waals surface area contributed by atoms with Gasteiger partial charge in [0, 0.05) is 26.2 Å². The first-order valence-corrected chi connectivity index (χ1v) is 10.6. The van der Waals surface area contributed by atoms with E-state index in [9.17, 15) is 5.11 Å². The van der Waals surface area contributed by atoms with Crippen molar-refractivity contribution in [2.24, 2.45) is 0 Å². The number of nitrogens with one attached hydrogen (secondary N) is 1. The molecule has 0 spiro atoms. The summed E-state index contributed by atoms with van der Waals surface area (Å²) >= 11 is 0. The van der Waals surface area contributed by atoms with Gasteiger partial charge in [-0.25, -0.2) is 0 Å². The second-order valence-corrected chi connectivity index (χ2v) is 7.67. The van der Waals surface area contributed by atoms with Crippen molar-refractivity contribution in [3.8, 4) is 11.5 Å². The number of hydrogen-bond acceptors (Lipinski definition) is 6. The summed E-state index contributed by atoms with van der Waals surface area (Å²) in [7, 11) is 1.62. The molecule has 0 saturated carbocycles. The fraction of sp³-hybridized carbons (Fsp3) is 0.435. The van der Waals surface area contributed by atoms with E-state index in [4.69, 9.17) is 19.6 Å². The number of methoxy groups -OCH3 is 1. The molecule has 31 heavy (non-hydrogen) atoms. The summed E-state index contributed by atoms with van der Waals surface area (Å²) in [4.78, 5) is 2.36. The number of morpholine rings is 1. The van der Waals surface area contributed by atoms with E-state index in [0.717, 1.165) is 56.2 Å². The van der Waals surface area contributed by atoms with Crippen LogP contribution in [0.15, 0.2) is 48.5 Å². The predicted molar refractivity (Wildman–Crippen MR) is 118 cm³/mol.